The largest absolute Gasteiger partial charge is 0.477 e. The molecule has 0 aliphatic rings. The lowest BCUT2D eigenvalue weighted by molar-refractivity contribution is 0.0914. The van der Waals surface area contributed by atoms with Gasteiger partial charge in [-0.3, -0.25) is 4.79 Å². The van der Waals surface area contributed by atoms with Crippen molar-refractivity contribution in [1.29, 1.82) is 0 Å². The minimum absolute atomic E-state index is 0.0968. The van der Waals surface area contributed by atoms with E-state index >= 15 is 0 Å². The van der Waals surface area contributed by atoms with Gasteiger partial charge in [-0.1, -0.05) is 18.5 Å². The van der Waals surface area contributed by atoms with Crippen molar-refractivity contribution in [3.05, 3.63) is 22.8 Å². The molecule has 2 N–H and O–H groups in total. The summed E-state index contributed by atoms with van der Waals surface area (Å²) in [5.41, 5.74) is 0.343. The Balaban J connectivity index is 2.78. The van der Waals surface area contributed by atoms with Crippen LogP contribution < -0.4 is 10.1 Å². The lowest BCUT2D eigenvalue weighted by Crippen LogP contribution is -2.36. The SMILES string of the molecule is CCOc1ncc(C(=O)NC(CC)CO)cc1Cl. The van der Waals surface area contributed by atoms with Crippen LogP contribution >= 0.6 is 11.6 Å². The smallest absolute Gasteiger partial charge is 0.253 e. The maximum absolute atomic E-state index is 11.8. The van der Waals surface area contributed by atoms with Gasteiger partial charge in [0.2, 0.25) is 5.88 Å². The van der Waals surface area contributed by atoms with Crippen LogP contribution in [0.5, 0.6) is 5.88 Å². The second-order valence-electron chi connectivity index (χ2n) is 3.71. The van der Waals surface area contributed by atoms with Crippen molar-refractivity contribution < 1.29 is 14.6 Å². The molecule has 0 bridgehead atoms. The number of nitrogens with one attached hydrogen (secondary N) is 1. The number of hydrogen-bond acceptors (Lipinski definition) is 4. The van der Waals surface area contributed by atoms with Crippen molar-refractivity contribution >= 4 is 17.5 Å². The number of carbonyl (C=O) groups excluding carboxylic acids is 1. The average molecular weight is 273 g/mol. The predicted molar refractivity (Wildman–Crippen MR) is 69.0 cm³/mol. The molecule has 0 saturated carbocycles. The normalized spacial score (nSPS) is 12.0. The number of aromatic nitrogens is 1. The van der Waals surface area contributed by atoms with Crippen molar-refractivity contribution in [2.75, 3.05) is 13.2 Å². The molecule has 0 fully saturated rings. The van der Waals surface area contributed by atoms with Crippen molar-refractivity contribution in [1.82, 2.24) is 10.3 Å². The van der Waals surface area contributed by atoms with E-state index in [1.54, 1.807) is 0 Å². The summed E-state index contributed by atoms with van der Waals surface area (Å²) in [5.74, 6) is -0.00161. The molecule has 1 rings (SSSR count). The van der Waals surface area contributed by atoms with E-state index in [1.165, 1.54) is 12.3 Å². The lowest BCUT2D eigenvalue weighted by Gasteiger charge is -2.14. The van der Waals surface area contributed by atoms with E-state index in [4.69, 9.17) is 21.4 Å². The van der Waals surface area contributed by atoms with E-state index in [2.05, 4.69) is 10.3 Å². The first-order valence-electron chi connectivity index (χ1n) is 5.82. The fourth-order valence-corrected chi connectivity index (χ4v) is 1.56. The Kier molecular flexibility index (Phi) is 5.88. The van der Waals surface area contributed by atoms with Crippen LogP contribution in [0.2, 0.25) is 5.02 Å². The molecule has 1 atom stereocenters. The Morgan fingerprint density at radius 2 is 2.33 bits per heavy atom. The first-order valence-corrected chi connectivity index (χ1v) is 6.20. The number of nitrogens with zero attached hydrogens (tertiary/aromatic N) is 1. The number of pyridine rings is 1. The van der Waals surface area contributed by atoms with Crippen LogP contribution in [0.4, 0.5) is 0 Å². The molecule has 1 aromatic rings. The number of aliphatic hydroxyl groups excluding tert-OH is 1. The third-order valence-electron chi connectivity index (χ3n) is 2.40. The molecule has 0 radical (unpaired) electrons. The Morgan fingerprint density at radius 3 is 2.83 bits per heavy atom. The van der Waals surface area contributed by atoms with Crippen LogP contribution in [-0.2, 0) is 0 Å². The maximum Gasteiger partial charge on any atom is 0.253 e. The predicted octanol–water partition coefficient (Wildman–Crippen LogP) is 1.63. The second-order valence-corrected chi connectivity index (χ2v) is 4.11. The molecular formula is C12H17ClN2O3. The van der Waals surface area contributed by atoms with E-state index in [0.29, 0.717) is 29.5 Å². The topological polar surface area (TPSA) is 71.5 Å². The quantitative estimate of drug-likeness (QED) is 0.826. The molecule has 5 nitrogen and oxygen atoms in total. The Bertz CT molecular complexity index is 408. The zero-order valence-corrected chi connectivity index (χ0v) is 11.2. The second kappa shape index (κ2) is 7.18. The highest BCUT2D eigenvalue weighted by atomic mass is 35.5. The third kappa shape index (κ3) is 3.85. The summed E-state index contributed by atoms with van der Waals surface area (Å²) >= 11 is 5.94. The highest BCUT2D eigenvalue weighted by Gasteiger charge is 2.13. The van der Waals surface area contributed by atoms with Gasteiger partial charge >= 0.3 is 0 Å². The van der Waals surface area contributed by atoms with Gasteiger partial charge in [0.05, 0.1) is 24.8 Å². The van der Waals surface area contributed by atoms with E-state index in [-0.39, 0.29) is 18.6 Å². The summed E-state index contributed by atoms with van der Waals surface area (Å²) in [6.07, 6.45) is 2.05. The van der Waals surface area contributed by atoms with Gasteiger partial charge in [0, 0.05) is 6.20 Å². The fraction of sp³-hybridized carbons (Fsp3) is 0.500. The molecule has 100 valence electrons. The number of hydrogen-bond donors (Lipinski definition) is 2. The molecule has 1 aromatic heterocycles. The minimum Gasteiger partial charge on any atom is -0.477 e. The van der Waals surface area contributed by atoms with Crippen molar-refractivity contribution in [3.8, 4) is 5.88 Å². The molecule has 18 heavy (non-hydrogen) atoms. The van der Waals surface area contributed by atoms with Gasteiger partial charge in [0.15, 0.2) is 0 Å². The molecule has 0 spiro atoms. The summed E-state index contributed by atoms with van der Waals surface area (Å²) in [4.78, 5) is 15.8. The van der Waals surface area contributed by atoms with Gasteiger partial charge < -0.3 is 15.2 Å². The van der Waals surface area contributed by atoms with E-state index in [0.717, 1.165) is 0 Å². The number of halogens is 1. The minimum atomic E-state index is -0.312. The molecule has 6 heteroatoms. The summed E-state index contributed by atoms with van der Waals surface area (Å²) in [6, 6.07) is 1.24. The van der Waals surface area contributed by atoms with Crippen molar-refractivity contribution in [2.24, 2.45) is 0 Å². The number of amides is 1. The Morgan fingerprint density at radius 1 is 1.61 bits per heavy atom. The first-order chi connectivity index (χ1) is 8.62. The summed E-state index contributed by atoms with van der Waals surface area (Å²) in [6.45, 7) is 4.07. The van der Waals surface area contributed by atoms with E-state index in [9.17, 15) is 4.79 Å². The number of carbonyl (C=O) groups is 1. The molecule has 1 amide bonds. The summed E-state index contributed by atoms with van der Waals surface area (Å²) in [5, 5.41) is 12.0. The van der Waals surface area contributed by atoms with Crippen LogP contribution in [0.15, 0.2) is 12.3 Å². The zero-order valence-electron chi connectivity index (χ0n) is 10.4. The molecule has 0 saturated heterocycles. The standard InChI is InChI=1S/C12H17ClN2O3/c1-3-9(7-16)15-11(17)8-5-10(13)12(14-6-8)18-4-2/h5-6,9,16H,3-4,7H2,1-2H3,(H,15,17). The molecular weight excluding hydrogens is 256 g/mol. The molecule has 0 aromatic carbocycles. The van der Waals surface area contributed by atoms with Gasteiger partial charge in [-0.25, -0.2) is 4.98 Å². The van der Waals surface area contributed by atoms with E-state index in [1.807, 2.05) is 13.8 Å². The number of aliphatic hydroxyl groups is 1. The maximum atomic E-state index is 11.8. The molecule has 0 aliphatic heterocycles. The lowest BCUT2D eigenvalue weighted by atomic mass is 10.2. The Hall–Kier alpha value is -1.33. The van der Waals surface area contributed by atoms with Gasteiger partial charge in [-0.2, -0.15) is 0 Å². The van der Waals surface area contributed by atoms with E-state index < -0.39 is 0 Å². The van der Waals surface area contributed by atoms with Gasteiger partial charge in [0.25, 0.3) is 5.91 Å². The molecule has 1 unspecified atom stereocenters. The monoisotopic (exact) mass is 272 g/mol. The third-order valence-corrected chi connectivity index (χ3v) is 2.67. The Labute approximate surface area is 111 Å². The summed E-state index contributed by atoms with van der Waals surface area (Å²) in [7, 11) is 0. The van der Waals surface area contributed by atoms with Crippen LogP contribution in [0.1, 0.15) is 30.6 Å². The van der Waals surface area contributed by atoms with Gasteiger partial charge in [-0.05, 0) is 19.4 Å². The highest BCUT2D eigenvalue weighted by Crippen LogP contribution is 2.22. The first kappa shape index (κ1) is 14.7. The summed E-state index contributed by atoms with van der Waals surface area (Å²) < 4.78 is 5.18. The fourth-order valence-electron chi connectivity index (χ4n) is 1.34. The highest BCUT2D eigenvalue weighted by molar-refractivity contribution is 6.32. The van der Waals surface area contributed by atoms with Crippen LogP contribution in [-0.4, -0.2) is 35.3 Å². The van der Waals surface area contributed by atoms with Crippen molar-refractivity contribution in [2.45, 2.75) is 26.3 Å². The molecule has 1 heterocycles. The average Bonchev–Trinajstić information content (AvgIpc) is 2.38. The van der Waals surface area contributed by atoms with Crippen LogP contribution in [0.25, 0.3) is 0 Å². The van der Waals surface area contributed by atoms with Crippen LogP contribution in [0.3, 0.4) is 0 Å². The van der Waals surface area contributed by atoms with Gasteiger partial charge in [0.1, 0.15) is 5.02 Å². The van der Waals surface area contributed by atoms with Crippen LogP contribution in [0, 0.1) is 0 Å². The number of ether oxygens (including phenoxy) is 1. The zero-order chi connectivity index (χ0) is 13.5. The van der Waals surface area contributed by atoms with Gasteiger partial charge in [-0.15, -0.1) is 0 Å². The van der Waals surface area contributed by atoms with Crippen molar-refractivity contribution in [3.63, 3.8) is 0 Å². The number of rotatable bonds is 6. The molecule has 0 aliphatic carbocycles.